The van der Waals surface area contributed by atoms with Crippen LogP contribution < -0.4 is 10.6 Å². The van der Waals surface area contributed by atoms with E-state index in [1.165, 1.54) is 6.92 Å². The Morgan fingerprint density at radius 2 is 1.60 bits per heavy atom. The Morgan fingerprint density at radius 3 is 2.13 bits per heavy atom. The largest absolute Gasteiger partial charge is 0.344 e. The molecule has 6 heteroatoms. The zero-order chi connectivity index (χ0) is 22.1. The van der Waals surface area contributed by atoms with Crippen LogP contribution in [0.3, 0.4) is 0 Å². The van der Waals surface area contributed by atoms with Crippen molar-refractivity contribution >= 4 is 29.2 Å². The van der Waals surface area contributed by atoms with E-state index in [9.17, 15) is 14.4 Å². The maximum absolute atomic E-state index is 12.5. The van der Waals surface area contributed by atoms with Gasteiger partial charge >= 0.3 is 0 Å². The van der Waals surface area contributed by atoms with Gasteiger partial charge < -0.3 is 10.6 Å². The van der Waals surface area contributed by atoms with E-state index in [-0.39, 0.29) is 18.2 Å². The van der Waals surface area contributed by atoms with Gasteiger partial charge in [0.05, 0.1) is 12.6 Å². The predicted octanol–water partition coefficient (Wildman–Crippen LogP) is 4.43. The van der Waals surface area contributed by atoms with Gasteiger partial charge in [0.25, 0.3) is 5.91 Å². The van der Waals surface area contributed by atoms with Crippen molar-refractivity contribution in [3.8, 4) is 0 Å². The molecule has 0 spiro atoms. The first-order chi connectivity index (χ1) is 14.3. The first kappa shape index (κ1) is 22.8. The van der Waals surface area contributed by atoms with E-state index in [0.29, 0.717) is 16.1 Å². The summed E-state index contributed by atoms with van der Waals surface area (Å²) in [5.74, 6) is -0.866. The van der Waals surface area contributed by atoms with Gasteiger partial charge in [-0.25, -0.2) is 0 Å². The summed E-state index contributed by atoms with van der Waals surface area (Å²) in [5.41, 5.74) is 2.43. The number of Topliss-reactive ketones (excluding diaryl/α,β-unsaturated/α-hetero) is 1. The summed E-state index contributed by atoms with van der Waals surface area (Å²) in [6.07, 6.45) is 5.00. The highest BCUT2D eigenvalue weighted by atomic mass is 35.5. The van der Waals surface area contributed by atoms with Crippen LogP contribution in [0.5, 0.6) is 0 Å². The quantitative estimate of drug-likeness (QED) is 0.463. The third-order valence-corrected chi connectivity index (χ3v) is 4.60. The molecule has 154 valence electrons. The van der Waals surface area contributed by atoms with Crippen molar-refractivity contribution in [1.29, 1.82) is 0 Å². The molecule has 2 N–H and O–H groups in total. The van der Waals surface area contributed by atoms with Gasteiger partial charge in [-0.1, -0.05) is 67.3 Å². The first-order valence-corrected chi connectivity index (χ1v) is 9.62. The maximum atomic E-state index is 12.5. The molecule has 1 atom stereocenters. The third kappa shape index (κ3) is 6.29. The molecule has 2 rings (SSSR count). The summed E-state index contributed by atoms with van der Waals surface area (Å²) in [4.78, 5) is 36.1. The minimum Gasteiger partial charge on any atom is -0.344 e. The number of benzene rings is 2. The fourth-order valence-corrected chi connectivity index (χ4v) is 2.89. The molecule has 2 amide bonds. The minimum absolute atomic E-state index is 0.0832. The van der Waals surface area contributed by atoms with E-state index in [1.54, 1.807) is 54.6 Å². The molecule has 0 radical (unpaired) electrons. The second-order valence-electron chi connectivity index (χ2n) is 6.47. The summed E-state index contributed by atoms with van der Waals surface area (Å²) in [6.45, 7) is 8.73. The van der Waals surface area contributed by atoms with Crippen LogP contribution in [0.4, 0.5) is 0 Å². The number of nitrogens with one attached hydrogen (secondary N) is 2. The Hall–Kier alpha value is -3.44. The number of hydrogen-bond donors (Lipinski definition) is 2. The normalized spacial score (nSPS) is 11.9. The molecule has 1 unspecified atom stereocenters. The molecule has 5 nitrogen and oxygen atoms in total. The van der Waals surface area contributed by atoms with Gasteiger partial charge in [-0.05, 0) is 42.3 Å². The molecule has 0 aromatic heterocycles. The lowest BCUT2D eigenvalue weighted by atomic mass is 9.98. The second kappa shape index (κ2) is 10.9. The van der Waals surface area contributed by atoms with Crippen LogP contribution >= 0.6 is 11.6 Å². The van der Waals surface area contributed by atoms with Crippen LogP contribution in [-0.2, 0) is 4.79 Å². The molecular formula is C24H23ClN2O3. The number of carbonyl (C=O) groups is 3. The smallest absolute Gasteiger partial charge is 0.251 e. The lowest BCUT2D eigenvalue weighted by molar-refractivity contribution is -0.120. The van der Waals surface area contributed by atoms with E-state index >= 15 is 0 Å². The highest BCUT2D eigenvalue weighted by Crippen LogP contribution is 2.24. The van der Waals surface area contributed by atoms with E-state index in [2.05, 4.69) is 23.8 Å². The standard InChI is InChI=1S/C24H23ClN2O3/c1-4-6-17(5-2)23(19-11-13-21(25)14-12-19)27-22(29)15-26-24(30)20-9-7-18(8-10-20)16(3)28/h4-14,23H,1-2,15H2,3H3,(H,26,30)(H,27,29)/b17-6+. The Balaban J connectivity index is 2.07. The van der Waals surface area contributed by atoms with Gasteiger partial charge in [0.1, 0.15) is 0 Å². The van der Waals surface area contributed by atoms with Crippen LogP contribution in [0.15, 0.2) is 85.5 Å². The van der Waals surface area contributed by atoms with E-state index in [1.807, 2.05) is 12.1 Å². The van der Waals surface area contributed by atoms with Gasteiger partial charge in [0.15, 0.2) is 5.78 Å². The van der Waals surface area contributed by atoms with Crippen LogP contribution in [0.1, 0.15) is 39.2 Å². The molecule has 2 aromatic carbocycles. The van der Waals surface area contributed by atoms with E-state index in [0.717, 1.165) is 11.1 Å². The van der Waals surface area contributed by atoms with Crippen molar-refractivity contribution < 1.29 is 14.4 Å². The van der Waals surface area contributed by atoms with Crippen molar-refractivity contribution in [2.24, 2.45) is 0 Å². The van der Waals surface area contributed by atoms with Gasteiger partial charge in [-0.3, -0.25) is 14.4 Å². The number of allylic oxidation sites excluding steroid dienone is 2. The van der Waals surface area contributed by atoms with Gasteiger partial charge in [0.2, 0.25) is 5.91 Å². The molecular weight excluding hydrogens is 400 g/mol. The molecule has 0 saturated carbocycles. The summed E-state index contributed by atoms with van der Waals surface area (Å²) >= 11 is 5.96. The maximum Gasteiger partial charge on any atom is 0.251 e. The average molecular weight is 423 g/mol. The number of hydrogen-bond acceptors (Lipinski definition) is 3. The molecule has 0 aliphatic carbocycles. The minimum atomic E-state index is -0.475. The molecule has 2 aromatic rings. The molecule has 0 heterocycles. The van der Waals surface area contributed by atoms with Crippen molar-refractivity contribution in [2.75, 3.05) is 6.54 Å². The Kier molecular flexibility index (Phi) is 8.32. The SMILES string of the molecule is C=C/C=C(\C=C)C(NC(=O)CNC(=O)c1ccc(C(C)=O)cc1)c1ccc(Cl)cc1. The number of carbonyl (C=O) groups excluding carboxylic acids is 3. The summed E-state index contributed by atoms with van der Waals surface area (Å²) in [5, 5.41) is 6.05. The van der Waals surface area contributed by atoms with E-state index < -0.39 is 11.9 Å². The number of ketones is 1. The van der Waals surface area contributed by atoms with Crippen molar-refractivity contribution in [1.82, 2.24) is 10.6 Å². The Bertz CT molecular complexity index is 977. The van der Waals surface area contributed by atoms with Crippen molar-refractivity contribution in [3.05, 3.63) is 107 Å². The number of rotatable bonds is 9. The summed E-state index contributed by atoms with van der Waals surface area (Å²) in [7, 11) is 0. The van der Waals surface area contributed by atoms with Gasteiger partial charge in [0, 0.05) is 16.1 Å². The third-order valence-electron chi connectivity index (χ3n) is 4.35. The lowest BCUT2D eigenvalue weighted by Crippen LogP contribution is -2.39. The lowest BCUT2D eigenvalue weighted by Gasteiger charge is -2.21. The monoisotopic (exact) mass is 422 g/mol. The van der Waals surface area contributed by atoms with Crippen molar-refractivity contribution in [2.45, 2.75) is 13.0 Å². The number of halogens is 1. The van der Waals surface area contributed by atoms with Crippen LogP contribution in [-0.4, -0.2) is 24.1 Å². The molecule has 0 saturated heterocycles. The van der Waals surface area contributed by atoms with Crippen LogP contribution in [0, 0.1) is 0 Å². The molecule has 0 aliphatic rings. The highest BCUT2D eigenvalue weighted by Gasteiger charge is 2.18. The zero-order valence-electron chi connectivity index (χ0n) is 16.7. The zero-order valence-corrected chi connectivity index (χ0v) is 17.4. The first-order valence-electron chi connectivity index (χ1n) is 9.24. The fourth-order valence-electron chi connectivity index (χ4n) is 2.76. The van der Waals surface area contributed by atoms with Gasteiger partial charge in [-0.15, -0.1) is 0 Å². The Labute approximate surface area is 181 Å². The Morgan fingerprint density at radius 1 is 1.00 bits per heavy atom. The molecule has 0 fully saturated rings. The fraction of sp³-hybridized carbons (Fsp3) is 0.125. The average Bonchev–Trinajstić information content (AvgIpc) is 2.75. The summed E-state index contributed by atoms with van der Waals surface area (Å²) in [6, 6.07) is 12.8. The molecule has 30 heavy (non-hydrogen) atoms. The topological polar surface area (TPSA) is 75.3 Å². The van der Waals surface area contributed by atoms with Crippen LogP contribution in [0.2, 0.25) is 5.02 Å². The van der Waals surface area contributed by atoms with Crippen LogP contribution in [0.25, 0.3) is 0 Å². The second-order valence-corrected chi connectivity index (χ2v) is 6.91. The number of amides is 2. The van der Waals surface area contributed by atoms with Gasteiger partial charge in [-0.2, -0.15) is 0 Å². The molecule has 0 bridgehead atoms. The molecule has 0 aliphatic heterocycles. The highest BCUT2D eigenvalue weighted by molar-refractivity contribution is 6.30. The summed E-state index contributed by atoms with van der Waals surface area (Å²) < 4.78 is 0. The van der Waals surface area contributed by atoms with E-state index in [4.69, 9.17) is 11.6 Å². The van der Waals surface area contributed by atoms with Crippen molar-refractivity contribution in [3.63, 3.8) is 0 Å². The predicted molar refractivity (Wildman–Crippen MR) is 120 cm³/mol.